The zero-order chi connectivity index (χ0) is 13.4. The van der Waals surface area contributed by atoms with Crippen molar-refractivity contribution in [3.63, 3.8) is 0 Å². The zero-order valence-electron chi connectivity index (χ0n) is 11.2. The summed E-state index contributed by atoms with van der Waals surface area (Å²) >= 11 is 1.88. The fraction of sp³-hybridized carbons (Fsp3) is 0.667. The minimum atomic E-state index is -0.411. The van der Waals surface area contributed by atoms with Crippen molar-refractivity contribution < 1.29 is 4.39 Å². The van der Waals surface area contributed by atoms with Gasteiger partial charge in [-0.1, -0.05) is 6.92 Å². The molecule has 0 radical (unpaired) electrons. The highest BCUT2D eigenvalue weighted by atomic mass is 32.2. The number of nitrogens with zero attached hydrogens (tertiary/aromatic N) is 2. The predicted molar refractivity (Wildman–Crippen MR) is 76.9 cm³/mol. The first-order valence-electron chi connectivity index (χ1n) is 6.28. The number of thioether (sulfide) groups is 1. The summed E-state index contributed by atoms with van der Waals surface area (Å²) in [7, 11) is 0. The molecule has 0 amide bonds. The molecular formula is C12H21FN4S. The summed E-state index contributed by atoms with van der Waals surface area (Å²) in [5.41, 5.74) is 0. The quantitative estimate of drug-likeness (QED) is 0.712. The van der Waals surface area contributed by atoms with E-state index in [0.717, 1.165) is 17.9 Å². The number of hydrogen-bond donors (Lipinski definition) is 2. The summed E-state index contributed by atoms with van der Waals surface area (Å²) < 4.78 is 13.5. The highest BCUT2D eigenvalue weighted by Gasteiger charge is 2.09. The van der Waals surface area contributed by atoms with Gasteiger partial charge in [0.15, 0.2) is 11.6 Å². The van der Waals surface area contributed by atoms with Gasteiger partial charge in [-0.2, -0.15) is 16.7 Å². The lowest BCUT2D eigenvalue weighted by Gasteiger charge is -2.15. The van der Waals surface area contributed by atoms with E-state index >= 15 is 0 Å². The van der Waals surface area contributed by atoms with Gasteiger partial charge in [-0.15, -0.1) is 0 Å². The maximum atomic E-state index is 13.5. The standard InChI is InChI=1S/C12H21FN4S/c1-4-14-12-15-8-10(13)11(17-12)16-9(3)6-7-18-5-2/h8-9H,4-7H2,1-3H3,(H2,14,15,16,17). The summed E-state index contributed by atoms with van der Waals surface area (Å²) in [6.07, 6.45) is 2.18. The largest absolute Gasteiger partial charge is 0.365 e. The molecule has 0 saturated carbocycles. The van der Waals surface area contributed by atoms with Gasteiger partial charge in [-0.25, -0.2) is 9.37 Å². The third-order valence-corrected chi connectivity index (χ3v) is 3.29. The average Bonchev–Trinajstić information content (AvgIpc) is 2.34. The Balaban J connectivity index is 2.56. The van der Waals surface area contributed by atoms with Gasteiger partial charge in [0.05, 0.1) is 6.20 Å². The van der Waals surface area contributed by atoms with Gasteiger partial charge in [-0.3, -0.25) is 0 Å². The fourth-order valence-corrected chi connectivity index (χ4v) is 2.23. The first-order chi connectivity index (χ1) is 8.67. The van der Waals surface area contributed by atoms with Gasteiger partial charge in [-0.05, 0) is 31.8 Å². The molecule has 2 N–H and O–H groups in total. The molecule has 1 heterocycles. The van der Waals surface area contributed by atoms with Crippen LogP contribution in [0.5, 0.6) is 0 Å². The summed E-state index contributed by atoms with van der Waals surface area (Å²) in [4.78, 5) is 7.99. The fourth-order valence-electron chi connectivity index (χ4n) is 1.42. The van der Waals surface area contributed by atoms with E-state index < -0.39 is 5.82 Å². The minimum absolute atomic E-state index is 0.197. The molecule has 1 atom stereocenters. The molecule has 0 saturated heterocycles. The maximum absolute atomic E-state index is 13.5. The Morgan fingerprint density at radius 3 is 2.89 bits per heavy atom. The van der Waals surface area contributed by atoms with Gasteiger partial charge in [0.25, 0.3) is 0 Å². The van der Waals surface area contributed by atoms with E-state index in [4.69, 9.17) is 0 Å². The summed E-state index contributed by atoms with van der Waals surface area (Å²) in [6.45, 7) is 6.83. The molecule has 18 heavy (non-hydrogen) atoms. The molecule has 1 rings (SSSR count). The molecule has 6 heteroatoms. The van der Waals surface area contributed by atoms with Crippen LogP contribution in [0.3, 0.4) is 0 Å². The molecular weight excluding hydrogens is 251 g/mol. The van der Waals surface area contributed by atoms with E-state index in [0.29, 0.717) is 12.5 Å². The van der Waals surface area contributed by atoms with Crippen LogP contribution in [-0.4, -0.2) is 34.1 Å². The highest BCUT2D eigenvalue weighted by Crippen LogP contribution is 2.14. The Morgan fingerprint density at radius 1 is 1.44 bits per heavy atom. The normalized spacial score (nSPS) is 12.2. The Hall–Kier alpha value is -1.04. The van der Waals surface area contributed by atoms with Gasteiger partial charge in [0.2, 0.25) is 5.95 Å². The molecule has 4 nitrogen and oxygen atoms in total. The summed E-state index contributed by atoms with van der Waals surface area (Å²) in [5, 5.41) is 6.06. The molecule has 0 aliphatic rings. The van der Waals surface area contributed by atoms with Crippen LogP contribution < -0.4 is 10.6 Å². The number of hydrogen-bond acceptors (Lipinski definition) is 5. The van der Waals surface area contributed by atoms with Crippen LogP contribution in [-0.2, 0) is 0 Å². The topological polar surface area (TPSA) is 49.8 Å². The molecule has 0 aromatic carbocycles. The third-order valence-electron chi connectivity index (χ3n) is 2.36. The van der Waals surface area contributed by atoms with Crippen molar-refractivity contribution in [1.82, 2.24) is 9.97 Å². The Kier molecular flexibility index (Phi) is 6.78. The van der Waals surface area contributed by atoms with E-state index in [1.54, 1.807) is 0 Å². The highest BCUT2D eigenvalue weighted by molar-refractivity contribution is 7.99. The second kappa shape index (κ2) is 8.13. The van der Waals surface area contributed by atoms with Crippen LogP contribution in [0.2, 0.25) is 0 Å². The molecule has 0 aliphatic heterocycles. The number of aromatic nitrogens is 2. The van der Waals surface area contributed by atoms with E-state index in [1.807, 2.05) is 25.6 Å². The van der Waals surface area contributed by atoms with Gasteiger partial charge >= 0.3 is 0 Å². The monoisotopic (exact) mass is 272 g/mol. The van der Waals surface area contributed by atoms with Crippen LogP contribution in [0.15, 0.2) is 6.20 Å². The lowest BCUT2D eigenvalue weighted by molar-refractivity contribution is 0.611. The molecule has 0 aliphatic carbocycles. The van der Waals surface area contributed by atoms with Crippen molar-refractivity contribution in [2.24, 2.45) is 0 Å². The van der Waals surface area contributed by atoms with Crippen molar-refractivity contribution in [2.45, 2.75) is 33.2 Å². The molecule has 1 aromatic heterocycles. The molecule has 1 unspecified atom stereocenters. The van der Waals surface area contributed by atoms with Crippen molar-refractivity contribution in [2.75, 3.05) is 28.7 Å². The number of rotatable bonds is 8. The molecule has 1 aromatic rings. The van der Waals surface area contributed by atoms with Gasteiger partial charge < -0.3 is 10.6 Å². The van der Waals surface area contributed by atoms with E-state index in [2.05, 4.69) is 27.5 Å². The first kappa shape index (κ1) is 15.0. The SMILES string of the molecule is CCNc1ncc(F)c(NC(C)CCSCC)n1. The lowest BCUT2D eigenvalue weighted by atomic mass is 10.2. The second-order valence-corrected chi connectivity index (χ2v) is 5.35. The van der Waals surface area contributed by atoms with Crippen molar-refractivity contribution in [3.05, 3.63) is 12.0 Å². The van der Waals surface area contributed by atoms with E-state index in [-0.39, 0.29) is 11.9 Å². The summed E-state index contributed by atoms with van der Waals surface area (Å²) in [6, 6.07) is 0.197. The number of nitrogens with one attached hydrogen (secondary N) is 2. The first-order valence-corrected chi connectivity index (χ1v) is 7.43. The molecule has 0 fully saturated rings. The molecule has 0 spiro atoms. The lowest BCUT2D eigenvalue weighted by Crippen LogP contribution is -2.18. The summed E-state index contributed by atoms with van der Waals surface area (Å²) in [5.74, 6) is 2.49. The van der Waals surface area contributed by atoms with E-state index in [9.17, 15) is 4.39 Å². The van der Waals surface area contributed by atoms with Gasteiger partial charge in [0, 0.05) is 12.6 Å². The number of anilines is 2. The predicted octanol–water partition coefficient (Wildman–Crippen LogP) is 2.99. The zero-order valence-corrected chi connectivity index (χ0v) is 12.0. The average molecular weight is 272 g/mol. The number of halogens is 1. The second-order valence-electron chi connectivity index (χ2n) is 3.95. The Bertz CT molecular complexity index is 362. The Labute approximate surface area is 112 Å². The maximum Gasteiger partial charge on any atom is 0.224 e. The van der Waals surface area contributed by atoms with Crippen molar-refractivity contribution in [3.8, 4) is 0 Å². The van der Waals surface area contributed by atoms with Crippen LogP contribution in [0.1, 0.15) is 27.2 Å². The van der Waals surface area contributed by atoms with Crippen LogP contribution in [0, 0.1) is 5.82 Å². The Morgan fingerprint density at radius 2 is 2.22 bits per heavy atom. The van der Waals surface area contributed by atoms with E-state index in [1.165, 1.54) is 6.20 Å². The molecule has 102 valence electrons. The minimum Gasteiger partial charge on any atom is -0.365 e. The van der Waals surface area contributed by atoms with Gasteiger partial charge in [0.1, 0.15) is 0 Å². The van der Waals surface area contributed by atoms with Crippen molar-refractivity contribution >= 4 is 23.5 Å². The third kappa shape index (κ3) is 5.08. The van der Waals surface area contributed by atoms with Crippen molar-refractivity contribution in [1.29, 1.82) is 0 Å². The smallest absolute Gasteiger partial charge is 0.224 e. The van der Waals surface area contributed by atoms with Crippen LogP contribution in [0.25, 0.3) is 0 Å². The van der Waals surface area contributed by atoms with Crippen LogP contribution >= 0.6 is 11.8 Å². The molecule has 0 bridgehead atoms. The van der Waals surface area contributed by atoms with Crippen LogP contribution in [0.4, 0.5) is 16.2 Å².